The van der Waals surface area contributed by atoms with E-state index in [0.717, 1.165) is 153 Å². The molecule has 0 unspecified atom stereocenters. The van der Waals surface area contributed by atoms with E-state index in [1.54, 1.807) is 48.8 Å². The number of nitrogens with zero attached hydrogens (tertiary/aromatic N) is 9. The van der Waals surface area contributed by atoms with Crippen molar-refractivity contribution in [3.05, 3.63) is 286 Å². The molecule has 0 amide bonds. The predicted molar refractivity (Wildman–Crippen MR) is 433 cm³/mol. The smallest absolute Gasteiger partial charge is 0.269 e. The minimum absolute atomic E-state index is 0.241. The lowest BCUT2D eigenvalue weighted by atomic mass is 9.95. The first-order chi connectivity index (χ1) is 51.3. The van der Waals surface area contributed by atoms with Crippen molar-refractivity contribution < 1.29 is 16.8 Å². The standard InChI is InChI=1S/C35H35N5O2S.C29H30N4.C23H18BrN3O2S/c1-24-4-11-31(12-5-24)43(41,42)40-25(2)34(29-10-13-33-28(20-29)14-15-36-33)32-21-30(22-37-35(32)40)27-8-6-26(7-9-27)23-39-18-16-38(3)17-19-39;1-20-15-28-26(29(20)24-7-8-27-23(16-24)9-10-30-27)17-25(18-31-28)22-5-3-21(4-6-22)19-33-13-11-32(2)12-14-33;1-14-3-6-19(7-4-14)30(28,29)27-15(2)22(20-12-18(24)13-26-23(20)27)17-5-8-21-16(11-17)9-10-25-21/h4-15,20-22,36H,16-19,23H2,1-3H3;3-10,16-18,30H,11-15,19H2,1-2H3;3-13,25H,1-2H3. The van der Waals surface area contributed by atoms with Crippen molar-refractivity contribution in [3.8, 4) is 44.5 Å². The Bertz CT molecular complexity index is 6100. The van der Waals surface area contributed by atoms with E-state index in [4.69, 9.17) is 9.97 Å². The lowest BCUT2D eigenvalue weighted by Gasteiger charge is -2.32. The van der Waals surface area contributed by atoms with E-state index in [2.05, 4.69) is 174 Å². The monoisotopic (exact) mass is 1500 g/mol. The van der Waals surface area contributed by atoms with Crippen LogP contribution in [0.4, 0.5) is 0 Å². The Morgan fingerprint density at radius 3 is 1.26 bits per heavy atom. The second-order valence-electron chi connectivity index (χ2n) is 28.6. The fourth-order valence-electron chi connectivity index (χ4n) is 15.3. The molecule has 0 spiro atoms. The van der Waals surface area contributed by atoms with E-state index >= 15 is 0 Å². The van der Waals surface area contributed by atoms with Crippen molar-refractivity contribution in [1.29, 1.82) is 0 Å². The van der Waals surface area contributed by atoms with Gasteiger partial charge in [0, 0.05) is 180 Å². The van der Waals surface area contributed by atoms with Crippen LogP contribution in [0, 0.1) is 27.7 Å². The van der Waals surface area contributed by atoms with Gasteiger partial charge in [-0.1, -0.05) is 108 Å². The molecule has 1 aliphatic carbocycles. The van der Waals surface area contributed by atoms with Gasteiger partial charge >= 0.3 is 0 Å². The number of hydrogen-bond donors (Lipinski definition) is 3. The molecule has 2 aliphatic heterocycles. The summed E-state index contributed by atoms with van der Waals surface area (Å²) in [7, 11) is -3.32. The van der Waals surface area contributed by atoms with Crippen molar-refractivity contribution in [1.82, 2.24) is 57.4 Å². The summed E-state index contributed by atoms with van der Waals surface area (Å²) in [5.41, 5.74) is 24.6. The fourth-order valence-corrected chi connectivity index (χ4v) is 18.7. The highest BCUT2D eigenvalue weighted by molar-refractivity contribution is 9.10. The van der Waals surface area contributed by atoms with Gasteiger partial charge in [0.25, 0.3) is 20.0 Å². The van der Waals surface area contributed by atoms with Crippen LogP contribution < -0.4 is 0 Å². The van der Waals surface area contributed by atoms with Crippen LogP contribution in [0.1, 0.15) is 57.4 Å². The third-order valence-corrected chi connectivity index (χ3v) is 25.3. The number of H-pyrrole nitrogens is 3. The molecule has 16 nitrogen and oxygen atoms in total. The van der Waals surface area contributed by atoms with Gasteiger partial charge in [-0.05, 0) is 222 Å². The molecule has 0 bridgehead atoms. The molecule has 0 atom stereocenters. The quantitative estimate of drug-likeness (QED) is 0.100. The number of piperazine rings is 2. The largest absolute Gasteiger partial charge is 0.361 e. The molecule has 7 aromatic carbocycles. The summed E-state index contributed by atoms with van der Waals surface area (Å²) in [6.45, 7) is 20.8. The lowest BCUT2D eigenvalue weighted by Crippen LogP contribution is -2.43. The Morgan fingerprint density at radius 1 is 0.406 bits per heavy atom. The molecule has 534 valence electrons. The third-order valence-electron chi connectivity index (χ3n) is 21.3. The van der Waals surface area contributed by atoms with E-state index in [9.17, 15) is 16.8 Å². The van der Waals surface area contributed by atoms with E-state index in [-0.39, 0.29) is 9.79 Å². The molecular weight excluding hydrogens is 1420 g/mol. The molecule has 0 radical (unpaired) electrons. The van der Waals surface area contributed by atoms with Crippen molar-refractivity contribution in [2.75, 3.05) is 66.5 Å². The molecule has 19 heteroatoms. The van der Waals surface area contributed by atoms with Gasteiger partial charge in [-0.25, -0.2) is 34.7 Å². The molecule has 2 saturated heterocycles. The van der Waals surface area contributed by atoms with E-state index in [1.165, 1.54) is 69.1 Å². The van der Waals surface area contributed by atoms with Crippen LogP contribution in [-0.2, 0) is 39.6 Å². The minimum Gasteiger partial charge on any atom is -0.361 e. The number of pyridine rings is 3. The van der Waals surface area contributed by atoms with Gasteiger partial charge in [-0.3, -0.25) is 14.8 Å². The number of hydrogen-bond acceptors (Lipinski definition) is 11. The summed E-state index contributed by atoms with van der Waals surface area (Å²) < 4.78 is 58.9. The first-order valence-electron chi connectivity index (χ1n) is 36.0. The van der Waals surface area contributed by atoms with Gasteiger partial charge < -0.3 is 24.8 Å². The van der Waals surface area contributed by atoms with E-state index in [1.807, 2.05) is 107 Å². The van der Waals surface area contributed by atoms with Crippen LogP contribution in [0.25, 0.3) is 105 Å². The van der Waals surface area contributed by atoms with Gasteiger partial charge in [-0.15, -0.1) is 0 Å². The van der Waals surface area contributed by atoms with Gasteiger partial charge in [0.1, 0.15) is 0 Å². The average Bonchev–Trinajstić information content (AvgIpc) is 1.58. The number of aromatic nitrogens is 8. The van der Waals surface area contributed by atoms with Crippen LogP contribution in [0.2, 0.25) is 0 Å². The zero-order valence-electron chi connectivity index (χ0n) is 60.5. The highest BCUT2D eigenvalue weighted by Gasteiger charge is 2.30. The Hall–Kier alpha value is -10.4. The molecule has 18 rings (SSSR count). The number of rotatable bonds is 13. The summed E-state index contributed by atoms with van der Waals surface area (Å²) >= 11 is 3.48. The summed E-state index contributed by atoms with van der Waals surface area (Å²) in [5, 5.41) is 4.98. The highest BCUT2D eigenvalue weighted by Crippen LogP contribution is 2.43. The topological polar surface area (TPSA) is 177 Å². The Balaban J connectivity index is 0.000000124. The van der Waals surface area contributed by atoms with Crippen LogP contribution in [0.5, 0.6) is 0 Å². The molecule has 2 fully saturated rings. The van der Waals surface area contributed by atoms with Crippen molar-refractivity contribution in [3.63, 3.8) is 0 Å². The summed E-state index contributed by atoms with van der Waals surface area (Å²) in [6, 6.07) is 63.1. The first-order valence-corrected chi connectivity index (χ1v) is 39.7. The number of aromatic amines is 3. The summed E-state index contributed by atoms with van der Waals surface area (Å²) in [4.78, 5) is 34.2. The zero-order valence-corrected chi connectivity index (χ0v) is 63.7. The van der Waals surface area contributed by atoms with Crippen LogP contribution in [-0.4, -0.2) is 141 Å². The van der Waals surface area contributed by atoms with Gasteiger partial charge in [0.15, 0.2) is 11.3 Å². The molecule has 8 aromatic heterocycles. The molecule has 106 heavy (non-hydrogen) atoms. The molecule has 3 aliphatic rings. The molecule has 3 N–H and O–H groups in total. The maximum Gasteiger partial charge on any atom is 0.269 e. The van der Waals surface area contributed by atoms with Gasteiger partial charge in [-0.2, -0.15) is 0 Å². The van der Waals surface area contributed by atoms with E-state index < -0.39 is 20.0 Å². The van der Waals surface area contributed by atoms with Crippen LogP contribution in [0.3, 0.4) is 0 Å². The second kappa shape index (κ2) is 28.8. The number of fused-ring (bicyclic) bond motifs is 6. The molecule has 0 saturated carbocycles. The Labute approximate surface area is 627 Å². The Kier molecular flexibility index (Phi) is 19.0. The van der Waals surface area contributed by atoms with Crippen molar-refractivity contribution >= 4 is 96.3 Å². The Morgan fingerprint density at radius 2 is 0.802 bits per heavy atom. The average molecular weight is 1500 g/mol. The number of aryl methyl sites for hydroxylation is 2. The summed E-state index contributed by atoms with van der Waals surface area (Å²) in [6.07, 6.45) is 12.2. The number of nitrogens with one attached hydrogen (secondary N) is 3. The van der Waals surface area contributed by atoms with Crippen molar-refractivity contribution in [2.45, 2.75) is 63.9 Å². The molecular formula is C87H83BrN12O4S2. The fraction of sp³-hybridized carbons (Fsp3) is 0.207. The maximum atomic E-state index is 14.1. The number of halogens is 1. The second-order valence-corrected chi connectivity index (χ2v) is 33.1. The maximum absolute atomic E-state index is 14.1. The number of allylic oxidation sites excluding steroid dienone is 1. The van der Waals surface area contributed by atoms with Crippen LogP contribution in [0.15, 0.2) is 245 Å². The van der Waals surface area contributed by atoms with Gasteiger partial charge in [0.2, 0.25) is 0 Å². The number of likely N-dealkylation sites (N-methyl/N-ethyl adjacent to an activating group) is 2. The highest BCUT2D eigenvalue weighted by atomic mass is 79.9. The summed E-state index contributed by atoms with van der Waals surface area (Å²) in [5.74, 6) is 0. The predicted octanol–water partition coefficient (Wildman–Crippen LogP) is 17.6. The minimum atomic E-state index is -3.89. The SMILES string of the molecule is CC1=C(c2ccc3[nH]ccc3c2)c2cc(-c3ccc(CN4CCN(C)CC4)cc3)cnc2C1.Cc1ccc(S(=O)(=O)n2c(C)c(-c3ccc4[nH]ccc4c3)c3cc(-c4ccc(CN5CCN(C)CC5)cc4)cnc32)cc1.Cc1ccc(S(=O)(=O)n2c(C)c(-c3ccc4[nH]ccc4c3)c3cc(Br)cnc32)cc1. The molecule has 15 aromatic rings. The van der Waals surface area contributed by atoms with Gasteiger partial charge in [0.05, 0.1) is 15.5 Å². The molecule has 10 heterocycles. The van der Waals surface area contributed by atoms with E-state index in [0.29, 0.717) is 22.7 Å². The van der Waals surface area contributed by atoms with Crippen molar-refractivity contribution in [2.24, 2.45) is 0 Å². The number of benzene rings is 7. The first kappa shape index (κ1) is 70.0. The third kappa shape index (κ3) is 13.8. The lowest BCUT2D eigenvalue weighted by molar-refractivity contribution is 0.148. The normalized spacial score (nSPS) is 14.9. The zero-order chi connectivity index (χ0) is 73.1. The van der Waals surface area contributed by atoms with Crippen LogP contribution >= 0.6 is 15.9 Å².